The van der Waals surface area contributed by atoms with Crippen molar-refractivity contribution in [3.05, 3.63) is 29.3 Å². The third-order valence-corrected chi connectivity index (χ3v) is 4.04. The molecule has 0 atom stereocenters. The molecule has 0 aliphatic rings. The van der Waals surface area contributed by atoms with E-state index in [0.717, 1.165) is 27.0 Å². The van der Waals surface area contributed by atoms with E-state index in [1.165, 1.54) is 0 Å². The maximum atomic E-state index is 6.09. The zero-order valence-corrected chi connectivity index (χ0v) is 12.7. The Hall–Kier alpha value is -1.55. The highest BCUT2D eigenvalue weighted by molar-refractivity contribution is 7.16. The van der Waals surface area contributed by atoms with Crippen LogP contribution in [0, 0.1) is 0 Å². The zero-order valence-electron chi connectivity index (χ0n) is 11.9. The Morgan fingerprint density at radius 1 is 1.21 bits per heavy atom. The van der Waals surface area contributed by atoms with Gasteiger partial charge >= 0.3 is 0 Å². The summed E-state index contributed by atoms with van der Waals surface area (Å²) in [7, 11) is 0. The molecule has 3 nitrogen and oxygen atoms in total. The average Bonchev–Trinajstić information content (AvgIpc) is 2.73. The minimum absolute atomic E-state index is 0.0301. The van der Waals surface area contributed by atoms with Gasteiger partial charge in [-0.1, -0.05) is 20.8 Å². The lowest BCUT2D eigenvalue weighted by atomic mass is 9.98. The van der Waals surface area contributed by atoms with Gasteiger partial charge in [-0.3, -0.25) is 0 Å². The number of ether oxygens (including phenoxy) is 1. The summed E-state index contributed by atoms with van der Waals surface area (Å²) in [4.78, 5) is 4.68. The Labute approximate surface area is 118 Å². The van der Waals surface area contributed by atoms with Crippen molar-refractivity contribution in [1.29, 1.82) is 0 Å². The van der Waals surface area contributed by atoms with Gasteiger partial charge in [0.1, 0.15) is 21.5 Å². The van der Waals surface area contributed by atoms with Gasteiger partial charge in [-0.05, 0) is 31.2 Å². The molecule has 1 aromatic heterocycles. The molecule has 0 bridgehead atoms. The van der Waals surface area contributed by atoms with E-state index >= 15 is 0 Å². The maximum absolute atomic E-state index is 6.09. The molecule has 0 unspecified atom stereocenters. The molecule has 0 amide bonds. The number of nitrogen functional groups attached to an aromatic ring is 1. The summed E-state index contributed by atoms with van der Waals surface area (Å²) in [5.74, 6) is 0.871. The molecule has 102 valence electrons. The van der Waals surface area contributed by atoms with Crippen LogP contribution in [0.25, 0.3) is 11.3 Å². The molecule has 0 fully saturated rings. The fourth-order valence-electron chi connectivity index (χ4n) is 1.74. The van der Waals surface area contributed by atoms with Crippen LogP contribution in [0.15, 0.2) is 24.3 Å². The number of hydrogen-bond donors (Lipinski definition) is 1. The topological polar surface area (TPSA) is 48.1 Å². The highest BCUT2D eigenvalue weighted by Gasteiger charge is 2.21. The van der Waals surface area contributed by atoms with Gasteiger partial charge in [-0.15, -0.1) is 11.3 Å². The van der Waals surface area contributed by atoms with Crippen molar-refractivity contribution in [1.82, 2.24) is 4.98 Å². The molecule has 0 saturated heterocycles. The molecule has 19 heavy (non-hydrogen) atoms. The fraction of sp³-hybridized carbons (Fsp3) is 0.400. The second-order valence-electron chi connectivity index (χ2n) is 5.44. The number of anilines is 1. The summed E-state index contributed by atoms with van der Waals surface area (Å²) in [5.41, 5.74) is 8.03. The van der Waals surface area contributed by atoms with E-state index < -0.39 is 0 Å². The Kier molecular flexibility index (Phi) is 3.80. The molecule has 2 N–H and O–H groups in total. The molecule has 1 aromatic carbocycles. The Bertz CT molecular complexity index is 553. The molecule has 1 heterocycles. The normalized spacial score (nSPS) is 11.6. The first-order chi connectivity index (χ1) is 8.91. The van der Waals surface area contributed by atoms with Crippen LogP contribution in [0.3, 0.4) is 0 Å². The molecule has 2 rings (SSSR count). The summed E-state index contributed by atoms with van der Waals surface area (Å²) >= 11 is 1.57. The van der Waals surface area contributed by atoms with Gasteiger partial charge in [0.15, 0.2) is 0 Å². The van der Waals surface area contributed by atoms with Crippen molar-refractivity contribution in [2.45, 2.75) is 33.1 Å². The summed E-state index contributed by atoms with van der Waals surface area (Å²) in [6.45, 7) is 9.09. The van der Waals surface area contributed by atoms with Crippen LogP contribution in [0.2, 0.25) is 0 Å². The van der Waals surface area contributed by atoms with Gasteiger partial charge in [0.25, 0.3) is 0 Å². The highest BCUT2D eigenvalue weighted by atomic mass is 32.1. The molecule has 0 spiro atoms. The standard InChI is InChI=1S/C15H20N2OS/c1-5-18-11-8-6-10(7-9-11)12-13(16)19-14(17-12)15(2,3)4/h6-9H,5,16H2,1-4H3. The van der Waals surface area contributed by atoms with Crippen LogP contribution in [-0.2, 0) is 5.41 Å². The third-order valence-electron chi connectivity index (χ3n) is 2.73. The number of hydrogen-bond acceptors (Lipinski definition) is 4. The molecule has 0 aliphatic carbocycles. The molecular formula is C15H20N2OS. The number of nitrogens with two attached hydrogens (primary N) is 1. The van der Waals surface area contributed by atoms with Crippen LogP contribution in [0.5, 0.6) is 5.75 Å². The first-order valence-corrected chi connectivity index (χ1v) is 7.23. The van der Waals surface area contributed by atoms with Gasteiger partial charge in [0, 0.05) is 11.0 Å². The lowest BCUT2D eigenvalue weighted by Gasteiger charge is -2.13. The second kappa shape index (κ2) is 5.21. The van der Waals surface area contributed by atoms with Crippen molar-refractivity contribution in [3.63, 3.8) is 0 Å². The Morgan fingerprint density at radius 2 is 1.84 bits per heavy atom. The van der Waals surface area contributed by atoms with Gasteiger partial charge in [0.2, 0.25) is 0 Å². The molecule has 4 heteroatoms. The molecular weight excluding hydrogens is 256 g/mol. The van der Waals surface area contributed by atoms with Crippen LogP contribution < -0.4 is 10.5 Å². The molecule has 2 aromatic rings. The fourth-order valence-corrected chi connectivity index (χ4v) is 2.65. The predicted molar refractivity (Wildman–Crippen MR) is 81.8 cm³/mol. The van der Waals surface area contributed by atoms with Crippen molar-refractivity contribution < 1.29 is 4.74 Å². The highest BCUT2D eigenvalue weighted by Crippen LogP contribution is 2.36. The first-order valence-electron chi connectivity index (χ1n) is 6.42. The number of benzene rings is 1. The van der Waals surface area contributed by atoms with E-state index in [2.05, 4.69) is 25.8 Å². The van der Waals surface area contributed by atoms with E-state index in [1.54, 1.807) is 11.3 Å². The van der Waals surface area contributed by atoms with Crippen LogP contribution in [0.1, 0.15) is 32.7 Å². The van der Waals surface area contributed by atoms with Gasteiger partial charge in [-0.25, -0.2) is 4.98 Å². The average molecular weight is 276 g/mol. The minimum Gasteiger partial charge on any atom is -0.494 e. The predicted octanol–water partition coefficient (Wildman–Crippen LogP) is 4.09. The van der Waals surface area contributed by atoms with E-state index in [4.69, 9.17) is 10.5 Å². The monoisotopic (exact) mass is 276 g/mol. The summed E-state index contributed by atoms with van der Waals surface area (Å²) in [6, 6.07) is 7.91. The minimum atomic E-state index is 0.0301. The number of nitrogens with zero attached hydrogens (tertiary/aromatic N) is 1. The summed E-state index contributed by atoms with van der Waals surface area (Å²) < 4.78 is 5.44. The maximum Gasteiger partial charge on any atom is 0.119 e. The molecule has 0 radical (unpaired) electrons. The largest absolute Gasteiger partial charge is 0.494 e. The zero-order chi connectivity index (χ0) is 14.0. The molecule has 0 aliphatic heterocycles. The van der Waals surface area contributed by atoms with Crippen LogP contribution in [0.4, 0.5) is 5.00 Å². The van der Waals surface area contributed by atoms with Gasteiger partial charge in [0.05, 0.1) is 6.61 Å². The molecule has 0 saturated carbocycles. The van der Waals surface area contributed by atoms with Crippen LogP contribution >= 0.6 is 11.3 Å². The van der Waals surface area contributed by atoms with Crippen LogP contribution in [-0.4, -0.2) is 11.6 Å². The smallest absolute Gasteiger partial charge is 0.119 e. The third kappa shape index (κ3) is 3.07. The number of rotatable bonds is 3. The van der Waals surface area contributed by atoms with Crippen molar-refractivity contribution >= 4 is 16.3 Å². The second-order valence-corrected chi connectivity index (χ2v) is 6.47. The SMILES string of the molecule is CCOc1ccc(-c2nc(C(C)(C)C)sc2N)cc1. The summed E-state index contributed by atoms with van der Waals surface area (Å²) in [6.07, 6.45) is 0. The lowest BCUT2D eigenvalue weighted by Crippen LogP contribution is -2.10. The van der Waals surface area contributed by atoms with Gasteiger partial charge < -0.3 is 10.5 Å². The van der Waals surface area contributed by atoms with Crippen molar-refractivity contribution in [2.75, 3.05) is 12.3 Å². The van der Waals surface area contributed by atoms with Gasteiger partial charge in [-0.2, -0.15) is 0 Å². The van der Waals surface area contributed by atoms with E-state index in [-0.39, 0.29) is 5.41 Å². The summed E-state index contributed by atoms with van der Waals surface area (Å²) in [5, 5.41) is 1.84. The van der Waals surface area contributed by atoms with E-state index in [9.17, 15) is 0 Å². The quantitative estimate of drug-likeness (QED) is 0.918. The Morgan fingerprint density at radius 3 is 2.32 bits per heavy atom. The van der Waals surface area contributed by atoms with Crippen molar-refractivity contribution in [2.24, 2.45) is 0 Å². The Balaban J connectivity index is 2.34. The first kappa shape index (κ1) is 13.9. The lowest BCUT2D eigenvalue weighted by molar-refractivity contribution is 0.340. The number of thiazole rings is 1. The van der Waals surface area contributed by atoms with E-state index in [0.29, 0.717) is 6.61 Å². The van der Waals surface area contributed by atoms with Crippen molar-refractivity contribution in [3.8, 4) is 17.0 Å². The number of aromatic nitrogens is 1. The van der Waals surface area contributed by atoms with E-state index in [1.807, 2.05) is 31.2 Å².